The van der Waals surface area contributed by atoms with Crippen molar-refractivity contribution in [1.82, 2.24) is 14.5 Å². The molecule has 0 spiro atoms. The SMILES string of the molecule is COc1ccc(CN2CCn3cc(-c4ccncc4OC)c(Br)c3C2=O)cc1. The summed E-state index contributed by atoms with van der Waals surface area (Å²) in [6.07, 6.45) is 5.40. The maximum absolute atomic E-state index is 13.2. The van der Waals surface area contributed by atoms with Crippen LogP contribution in [0.4, 0.5) is 0 Å². The molecule has 1 aromatic carbocycles. The van der Waals surface area contributed by atoms with Gasteiger partial charge in [-0.05, 0) is 39.7 Å². The van der Waals surface area contributed by atoms with Gasteiger partial charge in [0, 0.05) is 43.2 Å². The molecular formula is C21H20BrN3O3. The largest absolute Gasteiger partial charge is 0.497 e. The molecule has 4 rings (SSSR count). The van der Waals surface area contributed by atoms with Gasteiger partial charge in [0.25, 0.3) is 5.91 Å². The number of aromatic nitrogens is 2. The van der Waals surface area contributed by atoms with E-state index in [-0.39, 0.29) is 5.91 Å². The predicted molar refractivity (Wildman–Crippen MR) is 110 cm³/mol. The summed E-state index contributed by atoms with van der Waals surface area (Å²) in [6.45, 7) is 1.96. The standard InChI is InChI=1S/C21H20BrN3O3/c1-27-15-5-3-14(4-6-15)12-25-10-9-24-13-17(19(22)20(24)21(25)26)16-7-8-23-11-18(16)28-2/h3-8,11,13H,9-10,12H2,1-2H3. The maximum Gasteiger partial charge on any atom is 0.272 e. The number of halogens is 1. The Morgan fingerprint density at radius 2 is 1.86 bits per heavy atom. The van der Waals surface area contributed by atoms with E-state index in [0.29, 0.717) is 24.5 Å². The molecular weight excluding hydrogens is 422 g/mol. The van der Waals surface area contributed by atoms with Crippen molar-refractivity contribution in [3.05, 3.63) is 64.7 Å². The van der Waals surface area contributed by atoms with E-state index in [1.54, 1.807) is 26.6 Å². The van der Waals surface area contributed by atoms with E-state index in [0.717, 1.165) is 33.5 Å². The van der Waals surface area contributed by atoms with E-state index in [2.05, 4.69) is 20.9 Å². The molecule has 3 heterocycles. The van der Waals surface area contributed by atoms with Crippen molar-refractivity contribution in [3.8, 4) is 22.6 Å². The molecule has 0 saturated heterocycles. The second-order valence-electron chi connectivity index (χ2n) is 6.55. The first-order valence-electron chi connectivity index (χ1n) is 8.91. The molecule has 6 nitrogen and oxygen atoms in total. The second-order valence-corrected chi connectivity index (χ2v) is 7.34. The van der Waals surface area contributed by atoms with Gasteiger partial charge >= 0.3 is 0 Å². The van der Waals surface area contributed by atoms with Gasteiger partial charge in [-0.1, -0.05) is 12.1 Å². The number of carbonyl (C=O) groups is 1. The average molecular weight is 442 g/mol. The summed E-state index contributed by atoms with van der Waals surface area (Å²) in [7, 11) is 3.26. The quantitative estimate of drug-likeness (QED) is 0.600. The Morgan fingerprint density at radius 3 is 2.57 bits per heavy atom. The van der Waals surface area contributed by atoms with Gasteiger partial charge < -0.3 is 18.9 Å². The number of amides is 1. The van der Waals surface area contributed by atoms with Crippen molar-refractivity contribution < 1.29 is 14.3 Å². The van der Waals surface area contributed by atoms with Gasteiger partial charge in [-0.25, -0.2) is 0 Å². The van der Waals surface area contributed by atoms with Crippen LogP contribution in [0.1, 0.15) is 16.1 Å². The lowest BCUT2D eigenvalue weighted by Gasteiger charge is -2.28. The Morgan fingerprint density at radius 1 is 1.07 bits per heavy atom. The van der Waals surface area contributed by atoms with Crippen LogP contribution in [0.15, 0.2) is 53.4 Å². The summed E-state index contributed by atoms with van der Waals surface area (Å²) in [5, 5.41) is 0. The van der Waals surface area contributed by atoms with Crippen molar-refractivity contribution in [2.75, 3.05) is 20.8 Å². The fraction of sp³-hybridized carbons (Fsp3) is 0.238. The van der Waals surface area contributed by atoms with Crippen molar-refractivity contribution >= 4 is 21.8 Å². The monoisotopic (exact) mass is 441 g/mol. The maximum atomic E-state index is 13.2. The van der Waals surface area contributed by atoms with Crippen LogP contribution < -0.4 is 9.47 Å². The Labute approximate surface area is 171 Å². The molecule has 0 fully saturated rings. The Balaban J connectivity index is 1.64. The van der Waals surface area contributed by atoms with Crippen LogP contribution in [0.2, 0.25) is 0 Å². The molecule has 0 radical (unpaired) electrons. The summed E-state index contributed by atoms with van der Waals surface area (Å²) in [6, 6.07) is 9.70. The molecule has 0 saturated carbocycles. The lowest BCUT2D eigenvalue weighted by molar-refractivity contribution is 0.0689. The number of fused-ring (bicyclic) bond motifs is 1. The highest BCUT2D eigenvalue weighted by atomic mass is 79.9. The number of ether oxygens (including phenoxy) is 2. The summed E-state index contributed by atoms with van der Waals surface area (Å²) in [5.74, 6) is 1.49. The van der Waals surface area contributed by atoms with Crippen LogP contribution in [0.5, 0.6) is 11.5 Å². The number of hydrogen-bond donors (Lipinski definition) is 0. The Bertz CT molecular complexity index is 1010. The first kappa shape index (κ1) is 18.6. The predicted octanol–water partition coefficient (Wildman–Crippen LogP) is 3.99. The molecule has 1 aliphatic heterocycles. The van der Waals surface area contributed by atoms with Gasteiger partial charge in [-0.3, -0.25) is 9.78 Å². The van der Waals surface area contributed by atoms with Gasteiger partial charge in [-0.15, -0.1) is 0 Å². The lowest BCUT2D eigenvalue weighted by Crippen LogP contribution is -2.39. The smallest absolute Gasteiger partial charge is 0.272 e. The summed E-state index contributed by atoms with van der Waals surface area (Å²) >= 11 is 3.65. The molecule has 7 heteroatoms. The van der Waals surface area contributed by atoms with Gasteiger partial charge in [0.15, 0.2) is 0 Å². The van der Waals surface area contributed by atoms with Crippen molar-refractivity contribution in [2.24, 2.45) is 0 Å². The summed E-state index contributed by atoms with van der Waals surface area (Å²) < 4.78 is 13.4. The third kappa shape index (κ3) is 3.26. The summed E-state index contributed by atoms with van der Waals surface area (Å²) in [5.41, 5.74) is 3.56. The normalized spacial score (nSPS) is 13.4. The number of carbonyl (C=O) groups excluding carboxylic acids is 1. The van der Waals surface area contributed by atoms with E-state index in [9.17, 15) is 4.79 Å². The van der Waals surface area contributed by atoms with E-state index in [1.807, 2.05) is 46.0 Å². The topological polar surface area (TPSA) is 56.6 Å². The molecule has 2 aromatic heterocycles. The molecule has 3 aromatic rings. The number of benzene rings is 1. The number of methoxy groups -OCH3 is 2. The minimum Gasteiger partial charge on any atom is -0.497 e. The van der Waals surface area contributed by atoms with Crippen LogP contribution in [0.3, 0.4) is 0 Å². The fourth-order valence-electron chi connectivity index (χ4n) is 3.46. The van der Waals surface area contributed by atoms with E-state index < -0.39 is 0 Å². The zero-order chi connectivity index (χ0) is 19.7. The molecule has 0 aliphatic carbocycles. The minimum atomic E-state index is 0.00761. The third-order valence-corrected chi connectivity index (χ3v) is 5.75. The van der Waals surface area contributed by atoms with Crippen molar-refractivity contribution in [3.63, 3.8) is 0 Å². The molecule has 1 amide bonds. The minimum absolute atomic E-state index is 0.00761. The van der Waals surface area contributed by atoms with Gasteiger partial charge in [0.2, 0.25) is 0 Å². The third-order valence-electron chi connectivity index (χ3n) is 4.94. The molecule has 0 bridgehead atoms. The van der Waals surface area contributed by atoms with Crippen molar-refractivity contribution in [2.45, 2.75) is 13.1 Å². The van der Waals surface area contributed by atoms with Crippen LogP contribution in [0, 0.1) is 0 Å². The highest BCUT2D eigenvalue weighted by Crippen LogP contribution is 2.39. The van der Waals surface area contributed by atoms with Crippen LogP contribution >= 0.6 is 15.9 Å². The number of rotatable bonds is 5. The molecule has 0 unspecified atom stereocenters. The first-order chi connectivity index (χ1) is 13.6. The fourth-order valence-corrected chi connectivity index (χ4v) is 4.17. The van der Waals surface area contributed by atoms with Gasteiger partial charge in [-0.2, -0.15) is 0 Å². The van der Waals surface area contributed by atoms with E-state index in [4.69, 9.17) is 9.47 Å². The lowest BCUT2D eigenvalue weighted by atomic mass is 10.1. The highest BCUT2D eigenvalue weighted by Gasteiger charge is 2.30. The molecule has 0 N–H and O–H groups in total. The van der Waals surface area contributed by atoms with Crippen LogP contribution in [-0.4, -0.2) is 41.1 Å². The molecule has 1 aliphatic rings. The van der Waals surface area contributed by atoms with Crippen LogP contribution in [-0.2, 0) is 13.1 Å². The number of hydrogen-bond acceptors (Lipinski definition) is 4. The zero-order valence-corrected chi connectivity index (χ0v) is 17.3. The van der Waals surface area contributed by atoms with E-state index in [1.165, 1.54) is 0 Å². The molecule has 0 atom stereocenters. The second kappa shape index (κ2) is 7.67. The van der Waals surface area contributed by atoms with E-state index >= 15 is 0 Å². The van der Waals surface area contributed by atoms with Crippen molar-refractivity contribution in [1.29, 1.82) is 0 Å². The highest BCUT2D eigenvalue weighted by molar-refractivity contribution is 9.10. The Kier molecular flexibility index (Phi) is 5.09. The average Bonchev–Trinajstić information content (AvgIpc) is 3.07. The zero-order valence-electron chi connectivity index (χ0n) is 15.7. The molecule has 144 valence electrons. The van der Waals surface area contributed by atoms with Crippen LogP contribution in [0.25, 0.3) is 11.1 Å². The van der Waals surface area contributed by atoms with Gasteiger partial charge in [0.1, 0.15) is 17.2 Å². The number of nitrogens with zero attached hydrogens (tertiary/aromatic N) is 3. The summed E-state index contributed by atoms with van der Waals surface area (Å²) in [4.78, 5) is 19.1. The first-order valence-corrected chi connectivity index (χ1v) is 9.71. The molecule has 28 heavy (non-hydrogen) atoms. The van der Waals surface area contributed by atoms with Gasteiger partial charge in [0.05, 0.1) is 24.9 Å². The Hall–Kier alpha value is -2.80. The number of pyridine rings is 1.